The molecule has 0 saturated heterocycles. The smallest absolute Gasteiger partial charge is 0.124 e. The van der Waals surface area contributed by atoms with Crippen molar-refractivity contribution >= 4 is 19.2 Å². The van der Waals surface area contributed by atoms with Crippen molar-refractivity contribution in [3.63, 3.8) is 0 Å². The van der Waals surface area contributed by atoms with E-state index < -0.39 is 8.80 Å². The van der Waals surface area contributed by atoms with E-state index in [1.165, 1.54) is 36.1 Å². The summed E-state index contributed by atoms with van der Waals surface area (Å²) in [5.41, 5.74) is 0.689. The summed E-state index contributed by atoms with van der Waals surface area (Å²) in [5.74, 6) is 1.54. The van der Waals surface area contributed by atoms with Gasteiger partial charge in [-0.1, -0.05) is 97.7 Å². The summed E-state index contributed by atoms with van der Waals surface area (Å²) in [6.45, 7) is 9.40. The second kappa shape index (κ2) is 12.0. The maximum absolute atomic E-state index is 6.16. The van der Waals surface area contributed by atoms with Gasteiger partial charge in [-0.25, -0.2) is 0 Å². The molecule has 0 aromatic heterocycles. The molecule has 1 radical (unpaired) electrons. The van der Waals surface area contributed by atoms with Crippen LogP contribution in [0.3, 0.4) is 0 Å². The van der Waals surface area contributed by atoms with Crippen molar-refractivity contribution in [3.05, 3.63) is 60.7 Å². The summed E-state index contributed by atoms with van der Waals surface area (Å²) in [6, 6.07) is 22.4. The Balaban J connectivity index is 1.93. The first-order valence-electron chi connectivity index (χ1n) is 12.1. The molecule has 3 heteroatoms. The number of ether oxygens (including phenoxy) is 2. The molecule has 169 valence electrons. The molecule has 1 aliphatic rings. The van der Waals surface area contributed by atoms with Gasteiger partial charge < -0.3 is 9.47 Å². The molecule has 0 bridgehead atoms. The first kappa shape index (κ1) is 24.2. The van der Waals surface area contributed by atoms with Crippen LogP contribution in [0.5, 0.6) is 0 Å². The van der Waals surface area contributed by atoms with Gasteiger partial charge in [0.25, 0.3) is 0 Å². The summed E-state index contributed by atoms with van der Waals surface area (Å²) in [7, 11) is 0.960. The zero-order valence-corrected chi connectivity index (χ0v) is 21.0. The lowest BCUT2D eigenvalue weighted by atomic mass is 9.65. The van der Waals surface area contributed by atoms with Gasteiger partial charge in [0.15, 0.2) is 0 Å². The minimum absolute atomic E-state index is 0.101. The van der Waals surface area contributed by atoms with Gasteiger partial charge in [0.05, 0.1) is 13.2 Å². The minimum Gasteiger partial charge on any atom is -0.384 e. The summed E-state index contributed by atoms with van der Waals surface area (Å²) in [6.07, 6.45) is 6.46. The highest BCUT2D eigenvalue weighted by atomic mass is 28.3. The van der Waals surface area contributed by atoms with Gasteiger partial charge in [-0.3, -0.25) is 0 Å². The van der Waals surface area contributed by atoms with Crippen molar-refractivity contribution < 1.29 is 9.47 Å². The standard InChI is InChI=1S/C28H41O2Si/c1-5-30-22-28(21-29-4,25-18-16-23(2)17-19-25)20-24(3)31(26-12-8-6-9-13-26)27-14-10-7-11-15-27/h6-15,23-25H,5,16-22H2,1-4H3. The van der Waals surface area contributed by atoms with E-state index in [1.54, 1.807) is 0 Å². The van der Waals surface area contributed by atoms with E-state index in [2.05, 4.69) is 81.4 Å². The van der Waals surface area contributed by atoms with Crippen molar-refractivity contribution in [1.29, 1.82) is 0 Å². The van der Waals surface area contributed by atoms with Crippen molar-refractivity contribution in [2.45, 2.75) is 58.4 Å². The molecule has 0 spiro atoms. The van der Waals surface area contributed by atoms with Gasteiger partial charge in [0.1, 0.15) is 8.80 Å². The van der Waals surface area contributed by atoms with E-state index in [4.69, 9.17) is 9.47 Å². The molecule has 2 aromatic carbocycles. The molecule has 3 rings (SSSR count). The second-order valence-electron chi connectivity index (χ2n) is 9.64. The van der Waals surface area contributed by atoms with Crippen LogP contribution in [0.4, 0.5) is 0 Å². The Labute approximate surface area is 192 Å². The molecule has 1 fully saturated rings. The highest BCUT2D eigenvalue weighted by molar-refractivity contribution is 6.86. The molecule has 1 aliphatic carbocycles. The lowest BCUT2D eigenvalue weighted by molar-refractivity contribution is -0.0595. The first-order valence-corrected chi connectivity index (χ1v) is 13.7. The van der Waals surface area contributed by atoms with Crippen LogP contribution in [-0.4, -0.2) is 35.7 Å². The molecule has 0 N–H and O–H groups in total. The molecule has 2 nitrogen and oxygen atoms in total. The first-order chi connectivity index (χ1) is 15.1. The quantitative estimate of drug-likeness (QED) is 0.428. The Morgan fingerprint density at radius 2 is 1.45 bits per heavy atom. The molecule has 2 unspecified atom stereocenters. The summed E-state index contributed by atoms with van der Waals surface area (Å²) in [4.78, 5) is 0. The van der Waals surface area contributed by atoms with E-state index in [1.807, 2.05) is 7.11 Å². The molecular formula is C28H41O2Si. The average molecular weight is 438 g/mol. The van der Waals surface area contributed by atoms with Crippen LogP contribution in [0.2, 0.25) is 5.54 Å². The van der Waals surface area contributed by atoms with E-state index in [-0.39, 0.29) is 5.41 Å². The molecule has 1 saturated carbocycles. The summed E-state index contributed by atoms with van der Waals surface area (Å²) >= 11 is 0. The maximum atomic E-state index is 6.16. The molecule has 31 heavy (non-hydrogen) atoms. The number of benzene rings is 2. The molecule has 2 atom stereocenters. The lowest BCUT2D eigenvalue weighted by Crippen LogP contribution is -2.49. The lowest BCUT2D eigenvalue weighted by Gasteiger charge is -2.45. The van der Waals surface area contributed by atoms with Crippen LogP contribution in [0.1, 0.15) is 52.9 Å². The fourth-order valence-corrected chi connectivity index (χ4v) is 8.90. The predicted molar refractivity (Wildman–Crippen MR) is 134 cm³/mol. The minimum atomic E-state index is -0.912. The number of rotatable bonds is 11. The van der Waals surface area contributed by atoms with Gasteiger partial charge >= 0.3 is 0 Å². The molecule has 0 heterocycles. The molecular weight excluding hydrogens is 396 g/mol. The van der Waals surface area contributed by atoms with E-state index >= 15 is 0 Å². The predicted octanol–water partition coefficient (Wildman–Crippen LogP) is 5.57. The van der Waals surface area contributed by atoms with Crippen LogP contribution in [-0.2, 0) is 9.47 Å². The highest BCUT2D eigenvalue weighted by Gasteiger charge is 2.43. The summed E-state index contributed by atoms with van der Waals surface area (Å²) in [5, 5.41) is 3.01. The van der Waals surface area contributed by atoms with Crippen LogP contribution >= 0.6 is 0 Å². The van der Waals surface area contributed by atoms with Gasteiger partial charge in [0.2, 0.25) is 0 Å². The SMILES string of the molecule is CCOCC(COC)(CC(C)[Si](c1ccccc1)c1ccccc1)C1CCC(C)CC1. The van der Waals surface area contributed by atoms with Crippen LogP contribution < -0.4 is 10.4 Å². The average Bonchev–Trinajstić information content (AvgIpc) is 2.80. The molecule has 0 aliphatic heterocycles. The Hall–Kier alpha value is -1.42. The molecule has 2 aromatic rings. The van der Waals surface area contributed by atoms with E-state index in [0.29, 0.717) is 11.5 Å². The fraction of sp³-hybridized carbons (Fsp3) is 0.571. The van der Waals surface area contributed by atoms with E-state index in [9.17, 15) is 0 Å². The van der Waals surface area contributed by atoms with Gasteiger partial charge in [-0.05, 0) is 43.6 Å². The highest BCUT2D eigenvalue weighted by Crippen LogP contribution is 2.46. The monoisotopic (exact) mass is 437 g/mol. The van der Waals surface area contributed by atoms with Crippen LogP contribution in [0, 0.1) is 17.3 Å². The van der Waals surface area contributed by atoms with Gasteiger partial charge in [-0.15, -0.1) is 0 Å². The van der Waals surface area contributed by atoms with Crippen LogP contribution in [0.25, 0.3) is 0 Å². The van der Waals surface area contributed by atoms with Crippen LogP contribution in [0.15, 0.2) is 60.7 Å². The van der Waals surface area contributed by atoms with Gasteiger partial charge in [-0.2, -0.15) is 0 Å². The number of methoxy groups -OCH3 is 1. The number of hydrogen-bond acceptors (Lipinski definition) is 2. The Kier molecular flexibility index (Phi) is 9.37. The van der Waals surface area contributed by atoms with Crippen molar-refractivity contribution in [1.82, 2.24) is 0 Å². The third kappa shape index (κ3) is 6.31. The Morgan fingerprint density at radius 3 is 1.94 bits per heavy atom. The number of hydrogen-bond donors (Lipinski definition) is 0. The van der Waals surface area contributed by atoms with Gasteiger partial charge in [0, 0.05) is 19.1 Å². The van der Waals surface area contributed by atoms with E-state index in [0.717, 1.165) is 32.2 Å². The van der Waals surface area contributed by atoms with Crippen molar-refractivity contribution in [2.75, 3.05) is 26.9 Å². The molecule has 0 amide bonds. The van der Waals surface area contributed by atoms with Crippen molar-refractivity contribution in [2.24, 2.45) is 17.3 Å². The topological polar surface area (TPSA) is 18.5 Å². The zero-order valence-electron chi connectivity index (χ0n) is 20.0. The summed E-state index contributed by atoms with van der Waals surface area (Å²) < 4.78 is 12.1. The largest absolute Gasteiger partial charge is 0.384 e. The third-order valence-corrected chi connectivity index (χ3v) is 10.4. The second-order valence-corrected chi connectivity index (χ2v) is 12.6. The third-order valence-electron chi connectivity index (χ3n) is 7.28. The van der Waals surface area contributed by atoms with Crippen molar-refractivity contribution in [3.8, 4) is 0 Å². The fourth-order valence-electron chi connectivity index (χ4n) is 5.71. The maximum Gasteiger partial charge on any atom is 0.124 e. The normalized spacial score (nSPS) is 22.2. The zero-order chi connectivity index (χ0) is 22.1. The Morgan fingerprint density at radius 1 is 0.903 bits per heavy atom. The Bertz CT molecular complexity index is 703.